The molecule has 1 atom stereocenters. The first-order chi connectivity index (χ1) is 7.95. The summed E-state index contributed by atoms with van der Waals surface area (Å²) >= 11 is 0. The lowest BCUT2D eigenvalue weighted by Crippen LogP contribution is -2.48. The average Bonchev–Trinajstić information content (AvgIpc) is 2.65. The molecule has 2 rings (SSSR count). The molecule has 5 heteroatoms. The first-order valence-electron chi connectivity index (χ1n) is 6.24. The van der Waals surface area contributed by atoms with Crippen LogP contribution in [0.4, 0.5) is 0 Å². The van der Waals surface area contributed by atoms with Gasteiger partial charge >= 0.3 is 0 Å². The summed E-state index contributed by atoms with van der Waals surface area (Å²) in [7, 11) is 0. The maximum Gasteiger partial charge on any atom is 0.240 e. The molecule has 17 heavy (non-hydrogen) atoms. The van der Waals surface area contributed by atoms with Gasteiger partial charge in [-0.3, -0.25) is 4.90 Å². The van der Waals surface area contributed by atoms with Gasteiger partial charge in [0.1, 0.15) is 0 Å². The Kier molecular flexibility index (Phi) is 3.49. The first-order valence-corrected chi connectivity index (χ1v) is 6.24. The predicted octanol–water partition coefficient (Wildman–Crippen LogP) is 1.16. The molecule has 1 aromatic rings. The quantitative estimate of drug-likeness (QED) is 0.838. The highest BCUT2D eigenvalue weighted by atomic mass is 16.5. The molecule has 1 fully saturated rings. The van der Waals surface area contributed by atoms with E-state index >= 15 is 0 Å². The number of hydrogen-bond donors (Lipinski definition) is 1. The third-order valence-electron chi connectivity index (χ3n) is 2.95. The van der Waals surface area contributed by atoms with Gasteiger partial charge in [-0.1, -0.05) is 25.9 Å². The van der Waals surface area contributed by atoms with Crippen LogP contribution in [0.25, 0.3) is 0 Å². The zero-order valence-corrected chi connectivity index (χ0v) is 11.2. The van der Waals surface area contributed by atoms with Crippen LogP contribution in [0.2, 0.25) is 0 Å². The number of hydrogen-bond acceptors (Lipinski definition) is 5. The standard InChI is InChI=1S/C12H22N4O/c1-9-7-16(6-5-13-9)8-10-14-11(15-17-10)12(2,3)4/h9,13H,5-8H2,1-4H3. The summed E-state index contributed by atoms with van der Waals surface area (Å²) in [6, 6.07) is 0.536. The minimum absolute atomic E-state index is 0.0432. The Labute approximate surface area is 103 Å². The van der Waals surface area contributed by atoms with E-state index in [2.05, 4.69) is 48.1 Å². The van der Waals surface area contributed by atoms with Gasteiger partial charge in [0, 0.05) is 31.1 Å². The van der Waals surface area contributed by atoms with Crippen molar-refractivity contribution in [1.82, 2.24) is 20.4 Å². The molecule has 0 saturated carbocycles. The van der Waals surface area contributed by atoms with Gasteiger partial charge in [0.25, 0.3) is 0 Å². The van der Waals surface area contributed by atoms with Crippen molar-refractivity contribution >= 4 is 0 Å². The van der Waals surface area contributed by atoms with Gasteiger partial charge < -0.3 is 9.84 Å². The van der Waals surface area contributed by atoms with E-state index in [0.29, 0.717) is 6.04 Å². The van der Waals surface area contributed by atoms with Crippen molar-refractivity contribution in [3.63, 3.8) is 0 Å². The number of rotatable bonds is 2. The van der Waals surface area contributed by atoms with Gasteiger partial charge in [0.05, 0.1) is 6.54 Å². The molecule has 0 spiro atoms. The molecule has 1 saturated heterocycles. The van der Waals surface area contributed by atoms with E-state index in [-0.39, 0.29) is 5.41 Å². The predicted molar refractivity (Wildman–Crippen MR) is 65.7 cm³/mol. The van der Waals surface area contributed by atoms with Crippen molar-refractivity contribution in [1.29, 1.82) is 0 Å². The van der Waals surface area contributed by atoms with Crippen LogP contribution in [-0.4, -0.2) is 40.7 Å². The minimum Gasteiger partial charge on any atom is -0.338 e. The number of piperazine rings is 1. The summed E-state index contributed by atoms with van der Waals surface area (Å²) in [5.74, 6) is 1.51. The fraction of sp³-hybridized carbons (Fsp3) is 0.833. The second kappa shape index (κ2) is 4.74. The summed E-state index contributed by atoms with van der Waals surface area (Å²) in [5, 5.41) is 7.46. The van der Waals surface area contributed by atoms with Crippen molar-refractivity contribution in [2.45, 2.75) is 45.7 Å². The molecule has 1 unspecified atom stereocenters. The molecular weight excluding hydrogens is 216 g/mol. The normalized spacial score (nSPS) is 22.9. The monoisotopic (exact) mass is 238 g/mol. The molecule has 0 radical (unpaired) electrons. The Balaban J connectivity index is 1.97. The molecule has 0 amide bonds. The maximum absolute atomic E-state index is 5.31. The van der Waals surface area contributed by atoms with E-state index in [1.54, 1.807) is 0 Å². The van der Waals surface area contributed by atoms with E-state index in [4.69, 9.17) is 4.52 Å². The van der Waals surface area contributed by atoms with E-state index in [9.17, 15) is 0 Å². The SMILES string of the molecule is CC1CN(Cc2nc(C(C)(C)C)no2)CCN1. The summed E-state index contributed by atoms with van der Waals surface area (Å²) in [4.78, 5) is 6.81. The Hall–Kier alpha value is -0.940. The molecule has 5 nitrogen and oxygen atoms in total. The molecule has 0 bridgehead atoms. The summed E-state index contributed by atoms with van der Waals surface area (Å²) in [6.45, 7) is 12.3. The highest BCUT2D eigenvalue weighted by molar-refractivity contribution is 5.00. The van der Waals surface area contributed by atoms with Crippen LogP contribution in [0.15, 0.2) is 4.52 Å². The largest absolute Gasteiger partial charge is 0.338 e. The molecule has 0 aromatic carbocycles. The third kappa shape index (κ3) is 3.26. The number of nitrogens with one attached hydrogen (secondary N) is 1. The molecular formula is C12H22N4O. The van der Waals surface area contributed by atoms with Crippen LogP contribution < -0.4 is 5.32 Å². The molecule has 2 heterocycles. The van der Waals surface area contributed by atoms with Gasteiger partial charge in [-0.15, -0.1) is 0 Å². The molecule has 1 N–H and O–H groups in total. The number of aromatic nitrogens is 2. The van der Waals surface area contributed by atoms with E-state index in [0.717, 1.165) is 37.9 Å². The second-order valence-corrected chi connectivity index (χ2v) is 5.85. The van der Waals surface area contributed by atoms with Crippen LogP contribution in [0.5, 0.6) is 0 Å². The summed E-state index contributed by atoms with van der Waals surface area (Å²) in [6.07, 6.45) is 0. The van der Waals surface area contributed by atoms with Crippen LogP contribution in [0.3, 0.4) is 0 Å². The maximum atomic E-state index is 5.31. The number of nitrogens with zero attached hydrogens (tertiary/aromatic N) is 3. The molecule has 96 valence electrons. The second-order valence-electron chi connectivity index (χ2n) is 5.85. The smallest absolute Gasteiger partial charge is 0.240 e. The Morgan fingerprint density at radius 2 is 2.24 bits per heavy atom. The van der Waals surface area contributed by atoms with Crippen LogP contribution in [0.1, 0.15) is 39.4 Å². The van der Waals surface area contributed by atoms with Gasteiger partial charge in [0.15, 0.2) is 5.82 Å². The van der Waals surface area contributed by atoms with E-state index in [1.807, 2.05) is 0 Å². The molecule has 0 aliphatic carbocycles. The van der Waals surface area contributed by atoms with Crippen LogP contribution in [0, 0.1) is 0 Å². The summed E-state index contributed by atoms with van der Waals surface area (Å²) in [5.41, 5.74) is -0.0432. The average molecular weight is 238 g/mol. The van der Waals surface area contributed by atoms with Gasteiger partial charge in [-0.05, 0) is 6.92 Å². The summed E-state index contributed by atoms with van der Waals surface area (Å²) < 4.78 is 5.31. The van der Waals surface area contributed by atoms with E-state index in [1.165, 1.54) is 0 Å². The highest BCUT2D eigenvalue weighted by Gasteiger charge is 2.23. The Morgan fingerprint density at radius 1 is 1.47 bits per heavy atom. The fourth-order valence-corrected chi connectivity index (χ4v) is 1.97. The lowest BCUT2D eigenvalue weighted by molar-refractivity contribution is 0.177. The lowest BCUT2D eigenvalue weighted by atomic mass is 9.96. The topological polar surface area (TPSA) is 54.2 Å². The van der Waals surface area contributed by atoms with Crippen molar-refractivity contribution < 1.29 is 4.52 Å². The zero-order valence-electron chi connectivity index (χ0n) is 11.2. The Bertz CT molecular complexity index is 369. The van der Waals surface area contributed by atoms with Crippen molar-refractivity contribution in [3.05, 3.63) is 11.7 Å². The van der Waals surface area contributed by atoms with Gasteiger partial charge in [0.2, 0.25) is 5.89 Å². The zero-order chi connectivity index (χ0) is 12.5. The first kappa shape index (κ1) is 12.5. The fourth-order valence-electron chi connectivity index (χ4n) is 1.97. The molecule has 1 aromatic heterocycles. The van der Waals surface area contributed by atoms with Crippen molar-refractivity contribution in [3.8, 4) is 0 Å². The lowest BCUT2D eigenvalue weighted by Gasteiger charge is -2.30. The third-order valence-corrected chi connectivity index (χ3v) is 2.95. The van der Waals surface area contributed by atoms with Gasteiger partial charge in [-0.2, -0.15) is 4.98 Å². The molecule has 1 aliphatic rings. The Morgan fingerprint density at radius 3 is 2.82 bits per heavy atom. The highest BCUT2D eigenvalue weighted by Crippen LogP contribution is 2.19. The van der Waals surface area contributed by atoms with Crippen LogP contribution >= 0.6 is 0 Å². The molecule has 1 aliphatic heterocycles. The van der Waals surface area contributed by atoms with Gasteiger partial charge in [-0.25, -0.2) is 0 Å². The van der Waals surface area contributed by atoms with Crippen LogP contribution in [-0.2, 0) is 12.0 Å². The van der Waals surface area contributed by atoms with Crippen molar-refractivity contribution in [2.75, 3.05) is 19.6 Å². The van der Waals surface area contributed by atoms with E-state index < -0.39 is 0 Å². The van der Waals surface area contributed by atoms with Crippen molar-refractivity contribution in [2.24, 2.45) is 0 Å². The minimum atomic E-state index is -0.0432.